The van der Waals surface area contributed by atoms with Crippen molar-refractivity contribution >= 4 is 11.2 Å². The molecule has 23 heavy (non-hydrogen) atoms. The first-order valence-corrected chi connectivity index (χ1v) is 9.60. The molecule has 0 aliphatic rings. The zero-order valence-electron chi connectivity index (χ0n) is 13.3. The fourth-order valence-electron chi connectivity index (χ4n) is 2.13. The first-order chi connectivity index (χ1) is 10.7. The van der Waals surface area contributed by atoms with Gasteiger partial charge in [0.25, 0.3) is 0 Å². The molecule has 0 saturated heterocycles. The Hall–Kier alpha value is -0.0800. The van der Waals surface area contributed by atoms with E-state index in [0.29, 0.717) is 12.2 Å². The van der Waals surface area contributed by atoms with E-state index in [1.165, 1.54) is 0 Å². The molecule has 0 saturated carbocycles. The maximum atomic E-state index is 12.6. The van der Waals surface area contributed by atoms with Gasteiger partial charge >= 0.3 is 12.1 Å². The quantitative estimate of drug-likeness (QED) is 0.272. The molecule has 1 atom stereocenters. The summed E-state index contributed by atoms with van der Waals surface area (Å²) in [6.45, 7) is 0.223. The summed E-state index contributed by atoms with van der Waals surface area (Å²) in [5.41, 5.74) is 0. The molecule has 0 bridgehead atoms. The normalized spacial score (nSPS) is 14.2. The molecule has 1 N–H and O–H groups in total. The molecule has 1 unspecified atom stereocenters. The minimum absolute atomic E-state index is 0.104. The van der Waals surface area contributed by atoms with Crippen molar-refractivity contribution in [2.24, 2.45) is 0 Å². The summed E-state index contributed by atoms with van der Waals surface area (Å²) in [5.74, 6) is -4.43. The number of halogens is 5. The smallest absolute Gasteiger partial charge is 0.453 e. The number of alkyl halides is 5. The second-order valence-electron chi connectivity index (χ2n) is 5.71. The highest BCUT2D eigenvalue weighted by Gasteiger charge is 2.56. The molecule has 0 aliphatic carbocycles. The molecule has 8 heteroatoms. The molecular formula is C15H27F5O2S. The summed E-state index contributed by atoms with van der Waals surface area (Å²) in [6, 6.07) is 0. The molecule has 0 aromatic rings. The van der Waals surface area contributed by atoms with Crippen LogP contribution in [-0.2, 0) is 11.2 Å². The Balaban J connectivity index is 3.49. The monoisotopic (exact) mass is 366 g/mol. The second kappa shape index (κ2) is 12.3. The van der Waals surface area contributed by atoms with E-state index in [2.05, 4.69) is 0 Å². The number of unbranched alkanes of at least 4 members (excludes halogenated alkanes) is 7. The zero-order chi connectivity index (χ0) is 17.8. The maximum absolute atomic E-state index is 12.6. The molecule has 0 aromatic carbocycles. The maximum Gasteiger partial charge on any atom is 0.453 e. The van der Waals surface area contributed by atoms with Gasteiger partial charge in [-0.1, -0.05) is 43.3 Å². The number of aliphatic hydroxyl groups is 1. The van der Waals surface area contributed by atoms with Crippen LogP contribution in [0.2, 0.25) is 0 Å². The second-order valence-corrected chi connectivity index (χ2v) is 7.40. The Labute approximate surface area is 138 Å². The standard InChI is InChI=1S/C15H27F5O2S/c16-14(17,15(18,19)20)10-9-13-23(22)12-8-6-4-2-1-3-5-7-11-21/h21H,1-13H2. The van der Waals surface area contributed by atoms with Crippen molar-refractivity contribution in [3.63, 3.8) is 0 Å². The Morgan fingerprint density at radius 3 is 1.61 bits per heavy atom. The lowest BCUT2D eigenvalue weighted by Crippen LogP contribution is -2.36. The molecule has 0 heterocycles. The van der Waals surface area contributed by atoms with Crippen molar-refractivity contribution < 1.29 is 31.6 Å². The highest BCUT2D eigenvalue weighted by Crippen LogP contribution is 2.38. The van der Waals surface area contributed by atoms with Crippen LogP contribution < -0.4 is 0 Å². The van der Waals surface area contributed by atoms with Gasteiger partial charge < -0.3 is 9.66 Å². The molecule has 0 amide bonds. The van der Waals surface area contributed by atoms with Crippen LogP contribution in [0, 0.1) is 0 Å². The van der Waals surface area contributed by atoms with Crippen LogP contribution in [-0.4, -0.2) is 39.9 Å². The van der Waals surface area contributed by atoms with Gasteiger partial charge in [-0.3, -0.25) is 0 Å². The molecule has 0 radical (unpaired) electrons. The van der Waals surface area contributed by atoms with Crippen LogP contribution in [0.3, 0.4) is 0 Å². The minimum atomic E-state index is -5.52. The van der Waals surface area contributed by atoms with Gasteiger partial charge in [-0.05, 0) is 25.7 Å². The number of rotatable bonds is 14. The average molecular weight is 366 g/mol. The van der Waals surface area contributed by atoms with E-state index in [9.17, 15) is 26.5 Å². The average Bonchev–Trinajstić information content (AvgIpc) is 2.44. The van der Waals surface area contributed by atoms with Gasteiger partial charge in [-0.25, -0.2) is 0 Å². The number of hydrogen-bond acceptors (Lipinski definition) is 2. The molecule has 140 valence electrons. The Morgan fingerprint density at radius 1 is 0.696 bits per heavy atom. The van der Waals surface area contributed by atoms with Gasteiger partial charge in [0.15, 0.2) is 0 Å². The zero-order valence-corrected chi connectivity index (χ0v) is 14.2. The molecule has 2 nitrogen and oxygen atoms in total. The largest absolute Gasteiger partial charge is 0.616 e. The van der Waals surface area contributed by atoms with Crippen molar-refractivity contribution in [3.8, 4) is 0 Å². The van der Waals surface area contributed by atoms with Crippen molar-refractivity contribution in [3.05, 3.63) is 0 Å². The van der Waals surface area contributed by atoms with Crippen LogP contribution in [0.1, 0.15) is 64.2 Å². The van der Waals surface area contributed by atoms with Gasteiger partial charge in [0.1, 0.15) is 11.5 Å². The summed E-state index contributed by atoms with van der Waals surface area (Å²) in [7, 11) is 0. The minimum Gasteiger partial charge on any atom is -0.616 e. The van der Waals surface area contributed by atoms with Crippen LogP contribution in [0.15, 0.2) is 0 Å². The molecule has 0 aromatic heterocycles. The molecule has 0 spiro atoms. The predicted octanol–water partition coefficient (Wildman–Crippen LogP) is 4.83. The topological polar surface area (TPSA) is 43.3 Å². The van der Waals surface area contributed by atoms with Crippen LogP contribution in [0.25, 0.3) is 0 Å². The summed E-state index contributed by atoms with van der Waals surface area (Å²) in [4.78, 5) is 0. The fraction of sp³-hybridized carbons (Fsp3) is 1.00. The Kier molecular flexibility index (Phi) is 12.3. The van der Waals surface area contributed by atoms with E-state index in [-0.39, 0.29) is 18.8 Å². The van der Waals surface area contributed by atoms with Crippen LogP contribution >= 0.6 is 0 Å². The molecular weight excluding hydrogens is 339 g/mol. The first-order valence-electron chi connectivity index (χ1n) is 8.11. The van der Waals surface area contributed by atoms with Gasteiger partial charge in [-0.15, -0.1) is 0 Å². The SMILES string of the molecule is [O-][S+](CCCCCCCCCCO)CCCC(F)(F)C(F)(F)F. The van der Waals surface area contributed by atoms with Gasteiger partial charge in [0, 0.05) is 13.0 Å². The third-order valence-corrected chi connectivity index (χ3v) is 5.05. The summed E-state index contributed by atoms with van der Waals surface area (Å²) in [6.07, 6.45) is 0.485. The summed E-state index contributed by atoms with van der Waals surface area (Å²) in [5, 5.41) is 8.61. The fourth-order valence-corrected chi connectivity index (χ4v) is 3.33. The lowest BCUT2D eigenvalue weighted by molar-refractivity contribution is -0.284. The van der Waals surface area contributed by atoms with E-state index < -0.39 is 29.7 Å². The van der Waals surface area contributed by atoms with Crippen molar-refractivity contribution in [2.45, 2.75) is 76.3 Å². The predicted molar refractivity (Wildman–Crippen MR) is 82.1 cm³/mol. The van der Waals surface area contributed by atoms with Crippen molar-refractivity contribution in [1.29, 1.82) is 0 Å². The first kappa shape index (κ1) is 22.9. The lowest BCUT2D eigenvalue weighted by atomic mass is 10.1. The number of hydrogen-bond donors (Lipinski definition) is 1. The summed E-state index contributed by atoms with van der Waals surface area (Å²) >= 11 is -1.32. The molecule has 0 aliphatic heterocycles. The highest BCUT2D eigenvalue weighted by molar-refractivity contribution is 7.91. The summed E-state index contributed by atoms with van der Waals surface area (Å²) < 4.78 is 72.7. The third kappa shape index (κ3) is 12.0. The van der Waals surface area contributed by atoms with E-state index in [4.69, 9.17) is 5.11 Å². The van der Waals surface area contributed by atoms with E-state index in [1.807, 2.05) is 0 Å². The number of aliphatic hydroxyl groups excluding tert-OH is 1. The van der Waals surface area contributed by atoms with Gasteiger partial charge in [0.2, 0.25) is 0 Å². The van der Waals surface area contributed by atoms with E-state index in [0.717, 1.165) is 44.9 Å². The third-order valence-electron chi connectivity index (χ3n) is 3.56. The van der Waals surface area contributed by atoms with Crippen LogP contribution in [0.4, 0.5) is 22.0 Å². The lowest BCUT2D eigenvalue weighted by Gasteiger charge is -2.19. The van der Waals surface area contributed by atoms with Crippen molar-refractivity contribution in [1.82, 2.24) is 0 Å². The van der Waals surface area contributed by atoms with E-state index in [1.54, 1.807) is 0 Å². The molecule has 0 rings (SSSR count). The van der Waals surface area contributed by atoms with Crippen molar-refractivity contribution in [2.75, 3.05) is 18.1 Å². The molecule has 0 fully saturated rings. The highest BCUT2D eigenvalue weighted by atomic mass is 32.2. The Bertz CT molecular complexity index is 288. The van der Waals surface area contributed by atoms with E-state index >= 15 is 0 Å². The van der Waals surface area contributed by atoms with Crippen LogP contribution in [0.5, 0.6) is 0 Å². The van der Waals surface area contributed by atoms with Gasteiger partial charge in [-0.2, -0.15) is 22.0 Å². The Morgan fingerprint density at radius 2 is 1.13 bits per heavy atom. The van der Waals surface area contributed by atoms with Gasteiger partial charge in [0.05, 0.1) is 0 Å².